The van der Waals surface area contributed by atoms with E-state index in [4.69, 9.17) is 5.11 Å². The van der Waals surface area contributed by atoms with Crippen LogP contribution in [0.1, 0.15) is 26.2 Å². The van der Waals surface area contributed by atoms with Crippen molar-refractivity contribution in [1.82, 2.24) is 9.80 Å². The zero-order chi connectivity index (χ0) is 15.1. The highest BCUT2D eigenvalue weighted by atomic mass is 16.5. The molecule has 0 spiro atoms. The fraction of sp³-hybridized carbons (Fsp3) is 0.769. The molecule has 20 heavy (non-hydrogen) atoms. The molecule has 1 unspecified atom stereocenters. The molecule has 0 bridgehead atoms. The van der Waals surface area contributed by atoms with Gasteiger partial charge in [-0.1, -0.05) is 6.92 Å². The van der Waals surface area contributed by atoms with Crippen LogP contribution in [0, 0.1) is 5.92 Å². The van der Waals surface area contributed by atoms with E-state index >= 15 is 0 Å². The maximum atomic E-state index is 12.4. The molecule has 1 fully saturated rings. The lowest BCUT2D eigenvalue weighted by atomic mass is 9.98. The summed E-state index contributed by atoms with van der Waals surface area (Å²) in [5.41, 5.74) is 0. The topological polar surface area (TPSA) is 87.2 Å². The Kier molecular flexibility index (Phi) is 6.27. The van der Waals surface area contributed by atoms with Crippen LogP contribution >= 0.6 is 0 Å². The lowest BCUT2D eigenvalue weighted by Gasteiger charge is -2.34. The van der Waals surface area contributed by atoms with Gasteiger partial charge >= 0.3 is 18.0 Å². The first-order chi connectivity index (χ1) is 9.49. The van der Waals surface area contributed by atoms with Crippen molar-refractivity contribution in [3.8, 4) is 0 Å². The first kappa shape index (κ1) is 16.3. The van der Waals surface area contributed by atoms with E-state index in [1.54, 1.807) is 0 Å². The number of esters is 1. The van der Waals surface area contributed by atoms with Gasteiger partial charge < -0.3 is 19.6 Å². The number of hydrogen-bond donors (Lipinski definition) is 1. The van der Waals surface area contributed by atoms with Gasteiger partial charge in [0.1, 0.15) is 6.54 Å². The largest absolute Gasteiger partial charge is 0.481 e. The molecule has 114 valence electrons. The molecule has 1 heterocycles. The van der Waals surface area contributed by atoms with Gasteiger partial charge in [0, 0.05) is 19.6 Å². The van der Waals surface area contributed by atoms with E-state index in [1.165, 1.54) is 16.9 Å². The summed E-state index contributed by atoms with van der Waals surface area (Å²) < 4.78 is 4.58. The smallest absolute Gasteiger partial charge is 0.325 e. The second-order valence-corrected chi connectivity index (χ2v) is 4.90. The lowest BCUT2D eigenvalue weighted by Crippen LogP contribution is -2.50. The first-order valence-corrected chi connectivity index (χ1v) is 6.83. The van der Waals surface area contributed by atoms with Gasteiger partial charge in [0.25, 0.3) is 0 Å². The van der Waals surface area contributed by atoms with Gasteiger partial charge in [-0.05, 0) is 19.3 Å². The van der Waals surface area contributed by atoms with Crippen molar-refractivity contribution < 1.29 is 24.2 Å². The van der Waals surface area contributed by atoms with Crippen LogP contribution in [0.5, 0.6) is 0 Å². The molecular weight excluding hydrogens is 264 g/mol. The van der Waals surface area contributed by atoms with Crippen LogP contribution in [0.3, 0.4) is 0 Å². The highest BCUT2D eigenvalue weighted by Crippen LogP contribution is 2.18. The Morgan fingerprint density at radius 1 is 1.40 bits per heavy atom. The van der Waals surface area contributed by atoms with Crippen LogP contribution in [0.4, 0.5) is 4.79 Å². The number of piperidine rings is 1. The number of rotatable bonds is 5. The Labute approximate surface area is 118 Å². The maximum Gasteiger partial charge on any atom is 0.325 e. The van der Waals surface area contributed by atoms with E-state index in [0.29, 0.717) is 25.9 Å². The molecule has 1 rings (SSSR count). The second kappa shape index (κ2) is 7.72. The van der Waals surface area contributed by atoms with Crippen molar-refractivity contribution in [1.29, 1.82) is 0 Å². The van der Waals surface area contributed by atoms with Crippen LogP contribution in [0.2, 0.25) is 0 Å². The van der Waals surface area contributed by atoms with Gasteiger partial charge in [-0.3, -0.25) is 9.59 Å². The molecule has 2 amide bonds. The van der Waals surface area contributed by atoms with Gasteiger partial charge in [-0.25, -0.2) is 4.79 Å². The molecule has 0 saturated carbocycles. The number of hydrogen-bond acceptors (Lipinski definition) is 4. The fourth-order valence-electron chi connectivity index (χ4n) is 2.29. The van der Waals surface area contributed by atoms with Crippen molar-refractivity contribution in [3.63, 3.8) is 0 Å². The average Bonchev–Trinajstić information content (AvgIpc) is 2.45. The monoisotopic (exact) mass is 286 g/mol. The lowest BCUT2D eigenvalue weighted by molar-refractivity contribution is -0.144. The Bertz CT molecular complexity index is 372. The number of likely N-dealkylation sites (tertiary alicyclic amines) is 1. The van der Waals surface area contributed by atoms with E-state index in [-0.39, 0.29) is 19.1 Å². The summed E-state index contributed by atoms with van der Waals surface area (Å²) in [4.78, 5) is 37.6. The van der Waals surface area contributed by atoms with E-state index in [0.717, 1.165) is 6.42 Å². The average molecular weight is 286 g/mol. The summed E-state index contributed by atoms with van der Waals surface area (Å²) >= 11 is 0. The SMILES string of the molecule is CCCN(CC(=O)OC)C(=O)N1CCCC(C(=O)O)C1. The van der Waals surface area contributed by atoms with Gasteiger partial charge in [-0.15, -0.1) is 0 Å². The third-order valence-corrected chi connectivity index (χ3v) is 3.35. The van der Waals surface area contributed by atoms with Crippen LogP contribution in [0.15, 0.2) is 0 Å². The zero-order valence-corrected chi connectivity index (χ0v) is 12.0. The molecule has 0 radical (unpaired) electrons. The number of amides is 2. The van der Waals surface area contributed by atoms with Gasteiger partial charge in [0.15, 0.2) is 0 Å². The van der Waals surface area contributed by atoms with Crippen LogP contribution in [-0.2, 0) is 14.3 Å². The van der Waals surface area contributed by atoms with Crippen LogP contribution in [-0.4, -0.2) is 66.2 Å². The second-order valence-electron chi connectivity index (χ2n) is 4.90. The number of carboxylic acid groups (broad SMARTS) is 1. The predicted molar refractivity (Wildman–Crippen MR) is 71.2 cm³/mol. The fourth-order valence-corrected chi connectivity index (χ4v) is 2.29. The summed E-state index contributed by atoms with van der Waals surface area (Å²) in [6.07, 6.45) is 1.98. The molecule has 0 aromatic rings. The summed E-state index contributed by atoms with van der Waals surface area (Å²) in [5.74, 6) is -1.87. The highest BCUT2D eigenvalue weighted by molar-refractivity contribution is 5.81. The summed E-state index contributed by atoms with van der Waals surface area (Å²) in [6.45, 7) is 2.99. The molecule has 0 aliphatic carbocycles. The molecule has 7 heteroatoms. The molecule has 1 N–H and O–H groups in total. The standard InChI is InChI=1S/C13H22N2O5/c1-3-6-14(9-11(16)20-2)13(19)15-7-4-5-10(8-15)12(17)18/h10H,3-9H2,1-2H3,(H,17,18). The third-order valence-electron chi connectivity index (χ3n) is 3.35. The number of aliphatic carboxylic acids is 1. The third kappa shape index (κ3) is 4.40. The molecule has 1 aliphatic heterocycles. The number of carboxylic acids is 1. The van der Waals surface area contributed by atoms with Crippen molar-refractivity contribution in [2.24, 2.45) is 5.92 Å². The van der Waals surface area contributed by atoms with E-state index in [2.05, 4.69) is 4.74 Å². The quantitative estimate of drug-likeness (QED) is 0.755. The van der Waals surface area contributed by atoms with E-state index in [9.17, 15) is 14.4 Å². The minimum absolute atomic E-state index is 0.0998. The van der Waals surface area contributed by atoms with Crippen LogP contribution in [0.25, 0.3) is 0 Å². The number of carbonyl (C=O) groups excluding carboxylic acids is 2. The Hall–Kier alpha value is -1.79. The molecule has 0 aromatic heterocycles. The normalized spacial score (nSPS) is 18.5. The van der Waals surface area contributed by atoms with Gasteiger partial charge in [0.2, 0.25) is 0 Å². The predicted octanol–water partition coefficient (Wildman–Crippen LogP) is 0.788. The Balaban J connectivity index is 2.67. The number of urea groups is 1. The van der Waals surface area contributed by atoms with E-state index in [1.807, 2.05) is 6.92 Å². The maximum absolute atomic E-state index is 12.4. The Morgan fingerprint density at radius 2 is 2.10 bits per heavy atom. The van der Waals surface area contributed by atoms with E-state index < -0.39 is 17.9 Å². The number of methoxy groups -OCH3 is 1. The van der Waals surface area contributed by atoms with Gasteiger partial charge in [0.05, 0.1) is 13.0 Å². The summed E-state index contributed by atoms with van der Waals surface area (Å²) in [5, 5.41) is 9.04. The Morgan fingerprint density at radius 3 is 2.65 bits per heavy atom. The number of ether oxygens (including phenoxy) is 1. The van der Waals surface area contributed by atoms with Crippen molar-refractivity contribution in [2.75, 3.05) is 33.3 Å². The first-order valence-electron chi connectivity index (χ1n) is 6.83. The van der Waals surface area contributed by atoms with Crippen LogP contribution < -0.4 is 0 Å². The zero-order valence-electron chi connectivity index (χ0n) is 12.0. The molecule has 1 aliphatic rings. The molecule has 1 saturated heterocycles. The summed E-state index contributed by atoms with van der Waals surface area (Å²) in [6, 6.07) is -0.289. The van der Waals surface area contributed by atoms with Crippen molar-refractivity contribution >= 4 is 18.0 Å². The molecule has 0 aromatic carbocycles. The molecular formula is C13H22N2O5. The summed E-state index contributed by atoms with van der Waals surface area (Å²) in [7, 11) is 1.28. The van der Waals surface area contributed by atoms with Gasteiger partial charge in [-0.2, -0.15) is 0 Å². The molecule has 1 atom stereocenters. The van der Waals surface area contributed by atoms with Crippen molar-refractivity contribution in [2.45, 2.75) is 26.2 Å². The minimum atomic E-state index is -0.877. The minimum Gasteiger partial charge on any atom is -0.481 e. The van der Waals surface area contributed by atoms with Crippen molar-refractivity contribution in [3.05, 3.63) is 0 Å². The highest BCUT2D eigenvalue weighted by Gasteiger charge is 2.30. The number of carbonyl (C=O) groups is 3. The molecule has 7 nitrogen and oxygen atoms in total. The number of nitrogens with zero attached hydrogens (tertiary/aromatic N) is 2.